The summed E-state index contributed by atoms with van der Waals surface area (Å²) in [7, 11) is 0. The van der Waals surface area contributed by atoms with Crippen molar-refractivity contribution < 1.29 is 0 Å². The van der Waals surface area contributed by atoms with Crippen molar-refractivity contribution in [1.82, 2.24) is 39.0 Å². The maximum atomic E-state index is 13.8. The van der Waals surface area contributed by atoms with Crippen LogP contribution >= 0.6 is 61.8 Å². The number of nitrogens with one attached hydrogen (secondary N) is 2. The molecule has 6 heterocycles. The summed E-state index contributed by atoms with van der Waals surface area (Å²) in [4.78, 5) is 53.2. The fourth-order valence-electron chi connectivity index (χ4n) is 8.68. The van der Waals surface area contributed by atoms with Crippen LogP contribution in [0.5, 0.6) is 0 Å². The van der Waals surface area contributed by atoms with Gasteiger partial charge in [-0.05, 0) is 120 Å². The topological polar surface area (TPSA) is 197 Å². The van der Waals surface area contributed by atoms with E-state index in [9.17, 15) is 9.59 Å². The fourth-order valence-corrected chi connectivity index (χ4v) is 11.3. The van der Waals surface area contributed by atoms with E-state index in [2.05, 4.69) is 57.5 Å². The third kappa shape index (κ3) is 10.9. The Morgan fingerprint density at radius 1 is 0.553 bits per heavy atom. The van der Waals surface area contributed by atoms with Gasteiger partial charge in [0.2, 0.25) is 11.9 Å². The van der Waals surface area contributed by atoms with Crippen molar-refractivity contribution in [1.29, 1.82) is 0 Å². The minimum atomic E-state index is -0.335. The number of pyridine rings is 2. The summed E-state index contributed by atoms with van der Waals surface area (Å²) in [6.07, 6.45) is 3.27. The van der Waals surface area contributed by atoms with Gasteiger partial charge >= 0.3 is 0 Å². The van der Waals surface area contributed by atoms with Gasteiger partial charge in [0.05, 0.1) is 68.4 Å². The molecule has 0 aliphatic rings. The number of halogens is 3. The zero-order valence-corrected chi connectivity index (χ0v) is 45.6. The predicted octanol–water partition coefficient (Wildman–Crippen LogP) is 14.0. The van der Waals surface area contributed by atoms with Crippen LogP contribution in [-0.4, -0.2) is 39.0 Å². The average molecular weight is 1150 g/mol. The predicted molar refractivity (Wildman–Crippen MR) is 317 cm³/mol. The number of fused-ring (bicyclic) bond motifs is 4. The molecule has 2 atom stereocenters. The van der Waals surface area contributed by atoms with Crippen LogP contribution in [0.2, 0.25) is 10.0 Å². The van der Waals surface area contributed by atoms with E-state index >= 15 is 0 Å². The molecule has 0 aliphatic carbocycles. The number of nitrogens with zero attached hydrogens (tertiary/aromatic N) is 8. The number of para-hydroxylation sites is 4. The SMILES string of the molecule is C[C@H](Nc1nc(N)ncc1-c1nc2ccccc2s1)c1cc2cccc(Cl)c2c(=O)n1-c1ccccc1.C[C@H](Nc1nc(N)ncc1Br)c1cc2cccc(Cl)c2c(=O)n1-c1ccccc1.Cc1nc2ccccc2s1. The van der Waals surface area contributed by atoms with Gasteiger partial charge < -0.3 is 22.1 Å². The van der Waals surface area contributed by atoms with Crippen LogP contribution in [0.1, 0.15) is 42.3 Å². The number of rotatable bonds is 9. The van der Waals surface area contributed by atoms with Crippen LogP contribution in [0.15, 0.2) is 184 Å². The zero-order chi connectivity index (χ0) is 53.0. The number of aryl methyl sites for hydroxylation is 1. The first-order valence-corrected chi connectivity index (χ1v) is 26.9. The van der Waals surface area contributed by atoms with E-state index in [0.29, 0.717) is 36.9 Å². The van der Waals surface area contributed by atoms with Crippen molar-refractivity contribution in [3.63, 3.8) is 0 Å². The van der Waals surface area contributed by atoms with Crippen LogP contribution < -0.4 is 33.2 Å². The van der Waals surface area contributed by atoms with Gasteiger partial charge in [-0.2, -0.15) is 9.97 Å². The van der Waals surface area contributed by atoms with Crippen LogP contribution in [0, 0.1) is 6.92 Å². The molecule has 0 amide bonds. The van der Waals surface area contributed by atoms with Gasteiger partial charge in [-0.15, -0.1) is 22.7 Å². The van der Waals surface area contributed by atoms with Crippen LogP contribution in [0.3, 0.4) is 0 Å². The minimum Gasteiger partial charge on any atom is -0.368 e. The number of hydrogen-bond acceptors (Lipinski definition) is 14. The highest BCUT2D eigenvalue weighted by atomic mass is 79.9. The second-order valence-electron chi connectivity index (χ2n) is 17.3. The molecule has 0 unspecified atom stereocenters. The number of aromatic nitrogens is 8. The summed E-state index contributed by atoms with van der Waals surface area (Å²) < 4.78 is 6.38. The Labute approximate surface area is 461 Å². The van der Waals surface area contributed by atoms with E-state index in [4.69, 9.17) is 39.7 Å². The van der Waals surface area contributed by atoms with Crippen LogP contribution in [-0.2, 0) is 0 Å². The Kier molecular flexibility index (Phi) is 15.2. The van der Waals surface area contributed by atoms with Crippen molar-refractivity contribution in [2.24, 2.45) is 0 Å². The second-order valence-corrected chi connectivity index (χ2v) is 21.3. The first kappa shape index (κ1) is 51.4. The van der Waals surface area contributed by atoms with Crippen molar-refractivity contribution in [2.45, 2.75) is 32.9 Å². The molecule has 12 rings (SSSR count). The van der Waals surface area contributed by atoms with E-state index in [0.717, 1.165) is 64.8 Å². The van der Waals surface area contributed by atoms with Gasteiger partial charge in [0.25, 0.3) is 11.1 Å². The first-order chi connectivity index (χ1) is 36.8. The first-order valence-electron chi connectivity index (χ1n) is 23.7. The molecule has 0 saturated heterocycles. The molecule has 6 N–H and O–H groups in total. The molecule has 0 fully saturated rings. The Bertz CT molecular complexity index is 4150. The minimum absolute atomic E-state index is 0.144. The van der Waals surface area contributed by atoms with Crippen LogP contribution in [0.4, 0.5) is 23.5 Å². The molecule has 6 aromatic carbocycles. The average Bonchev–Trinajstić information content (AvgIpc) is 4.05. The molecular weight excluding hydrogens is 1100 g/mol. The van der Waals surface area contributed by atoms with Crippen molar-refractivity contribution >= 4 is 127 Å². The number of nitrogen functional groups attached to an aromatic ring is 2. The zero-order valence-electron chi connectivity index (χ0n) is 40.8. The smallest absolute Gasteiger partial charge is 0.264 e. The largest absolute Gasteiger partial charge is 0.368 e. The number of hydrogen-bond donors (Lipinski definition) is 4. The third-order valence-corrected chi connectivity index (χ3v) is 15.4. The van der Waals surface area contributed by atoms with Gasteiger partial charge in [-0.1, -0.05) is 108 Å². The standard InChI is InChI=1S/C28H21ClN6OS.C21H17BrClN5O.C8H7NS/c1-16(32-25-19(15-31-28(30)34-25)26-33-21-12-5-6-13-23(21)37-26)22-14-17-8-7-11-20(29)24(17)27(36)35(22)18-9-3-2-4-10-18;1-12(26-19-15(22)11-25-21(24)27-19)17-10-13-6-5-9-16(23)18(13)20(29)28(17)14-7-3-2-4-8-14;1-6-9-7-4-2-3-5-8(7)10-6/h2-16H,1H3,(H3,30,31,32,34);2-12H,1H3,(H3,24,25,26,27);2-5H,1H3/t16-;12-;/m00./s1. The van der Waals surface area contributed by atoms with Gasteiger partial charge in [0.1, 0.15) is 16.6 Å². The van der Waals surface area contributed by atoms with Gasteiger partial charge in [0.15, 0.2) is 0 Å². The second kappa shape index (κ2) is 22.4. The summed E-state index contributed by atoms with van der Waals surface area (Å²) in [5.74, 6) is 1.39. The molecule has 0 spiro atoms. The highest BCUT2D eigenvalue weighted by molar-refractivity contribution is 9.10. The summed E-state index contributed by atoms with van der Waals surface area (Å²) in [5.41, 5.74) is 17.1. The highest BCUT2D eigenvalue weighted by Gasteiger charge is 2.22. The maximum Gasteiger partial charge on any atom is 0.264 e. The van der Waals surface area contributed by atoms with E-state index in [1.54, 1.807) is 56.3 Å². The lowest BCUT2D eigenvalue weighted by Crippen LogP contribution is -2.26. The van der Waals surface area contributed by atoms with E-state index < -0.39 is 0 Å². The van der Waals surface area contributed by atoms with Crippen molar-refractivity contribution in [3.8, 4) is 21.9 Å². The Morgan fingerprint density at radius 3 is 1.54 bits per heavy atom. The number of thiazole rings is 2. The number of anilines is 4. The molecule has 0 radical (unpaired) electrons. The van der Waals surface area contributed by atoms with Gasteiger partial charge in [-0.25, -0.2) is 19.9 Å². The molecule has 0 aliphatic heterocycles. The molecular formula is C57H45BrCl2N12O2S2. The summed E-state index contributed by atoms with van der Waals surface area (Å²) in [6, 6.07) is 49.4. The molecule has 76 heavy (non-hydrogen) atoms. The molecule has 14 nitrogen and oxygen atoms in total. The summed E-state index contributed by atoms with van der Waals surface area (Å²) in [6.45, 7) is 5.96. The monoisotopic (exact) mass is 1140 g/mol. The highest BCUT2D eigenvalue weighted by Crippen LogP contribution is 2.36. The lowest BCUT2D eigenvalue weighted by molar-refractivity contribution is 0.772. The Hall–Kier alpha value is -8.06. The van der Waals surface area contributed by atoms with E-state index in [1.165, 1.54) is 4.70 Å². The normalized spacial score (nSPS) is 11.9. The molecule has 19 heteroatoms. The lowest BCUT2D eigenvalue weighted by atomic mass is 10.1. The van der Waals surface area contributed by atoms with E-state index in [-0.39, 0.29) is 35.1 Å². The van der Waals surface area contributed by atoms with E-state index in [1.807, 2.05) is 160 Å². The maximum absolute atomic E-state index is 13.8. The molecule has 12 aromatic rings. The number of nitrogens with two attached hydrogens (primary N) is 2. The van der Waals surface area contributed by atoms with Crippen molar-refractivity contribution in [3.05, 3.63) is 222 Å². The quantitative estimate of drug-likeness (QED) is 0.107. The third-order valence-electron chi connectivity index (χ3n) is 12.2. The molecule has 0 saturated carbocycles. The molecule has 0 bridgehead atoms. The molecule has 6 aromatic heterocycles. The van der Waals surface area contributed by atoms with Crippen LogP contribution in [0.25, 0.3) is 63.9 Å². The Morgan fingerprint density at radius 2 is 1.01 bits per heavy atom. The summed E-state index contributed by atoms with van der Waals surface area (Å²) in [5, 5.41) is 12.1. The number of benzene rings is 6. The van der Waals surface area contributed by atoms with Gasteiger partial charge in [0, 0.05) is 35.2 Å². The van der Waals surface area contributed by atoms with Crippen molar-refractivity contribution in [2.75, 3.05) is 22.1 Å². The fraction of sp³-hybridized carbons (Fsp3) is 0.0877. The lowest BCUT2D eigenvalue weighted by Gasteiger charge is -2.22. The molecule has 378 valence electrons. The Balaban J connectivity index is 0.000000149. The summed E-state index contributed by atoms with van der Waals surface area (Å²) >= 11 is 19.5. The van der Waals surface area contributed by atoms with Gasteiger partial charge in [-0.3, -0.25) is 18.7 Å².